The molecule has 0 bridgehead atoms. The third kappa shape index (κ3) is 1.93. The number of fused-ring (bicyclic) bond motifs is 1. The minimum absolute atomic E-state index is 0.310. The number of ether oxygens (including phenoxy) is 1. The van der Waals surface area contributed by atoms with Crippen LogP contribution in [0.5, 0.6) is 0 Å². The minimum atomic E-state index is -0.310. The van der Waals surface area contributed by atoms with Crippen LogP contribution in [0, 0.1) is 0 Å². The summed E-state index contributed by atoms with van der Waals surface area (Å²) in [4.78, 5) is 13.6. The van der Waals surface area contributed by atoms with E-state index in [1.165, 1.54) is 0 Å². The second-order valence-corrected chi connectivity index (χ2v) is 3.72. The maximum Gasteiger partial charge on any atom is 0.341 e. The second kappa shape index (κ2) is 4.61. The van der Waals surface area contributed by atoms with Crippen LogP contribution < -0.4 is 5.32 Å². The molecule has 2 aliphatic heterocycles. The molecule has 0 saturated heterocycles. The number of carbonyl (C=O) groups excluding carboxylic acids is 1. The number of alkyl halides is 1. The molecule has 0 atom stereocenters. The zero-order valence-corrected chi connectivity index (χ0v) is 9.75. The number of hydrogen-bond donors (Lipinski definition) is 1. The van der Waals surface area contributed by atoms with E-state index in [9.17, 15) is 4.79 Å². The van der Waals surface area contributed by atoms with Crippen molar-refractivity contribution in [3.8, 4) is 0 Å². The van der Waals surface area contributed by atoms with Crippen LogP contribution in [0.3, 0.4) is 0 Å². The first kappa shape index (κ1) is 11.1. The van der Waals surface area contributed by atoms with Gasteiger partial charge in [-0.05, 0) is 13.0 Å². The lowest BCUT2D eigenvalue weighted by molar-refractivity contribution is -0.138. The van der Waals surface area contributed by atoms with Crippen molar-refractivity contribution in [1.29, 1.82) is 0 Å². The molecule has 0 amide bonds. The van der Waals surface area contributed by atoms with Crippen LogP contribution in [0.15, 0.2) is 35.4 Å². The van der Waals surface area contributed by atoms with Crippen molar-refractivity contribution in [2.24, 2.45) is 0 Å². The number of hydrogen-bond acceptors (Lipinski definition) is 4. The van der Waals surface area contributed by atoms with E-state index >= 15 is 0 Å². The first-order valence-electron chi connectivity index (χ1n) is 5.14. The zero-order chi connectivity index (χ0) is 11.5. The Hall–Kier alpha value is -1.42. The first-order valence-corrected chi connectivity index (χ1v) is 5.68. The van der Waals surface area contributed by atoms with Crippen LogP contribution >= 0.6 is 11.6 Å². The van der Waals surface area contributed by atoms with Crippen molar-refractivity contribution >= 4 is 17.6 Å². The van der Waals surface area contributed by atoms with Gasteiger partial charge in [-0.2, -0.15) is 0 Å². The highest BCUT2D eigenvalue weighted by Gasteiger charge is 2.25. The number of nitrogens with one attached hydrogen (secondary N) is 1. The molecule has 0 aliphatic carbocycles. The van der Waals surface area contributed by atoms with E-state index in [1.54, 1.807) is 13.0 Å². The van der Waals surface area contributed by atoms with Crippen molar-refractivity contribution in [1.82, 2.24) is 10.2 Å². The lowest BCUT2D eigenvalue weighted by atomic mass is 10.2. The molecule has 2 rings (SSSR count). The van der Waals surface area contributed by atoms with Gasteiger partial charge in [0, 0.05) is 18.4 Å². The van der Waals surface area contributed by atoms with Crippen LogP contribution in [0.2, 0.25) is 0 Å². The fourth-order valence-corrected chi connectivity index (χ4v) is 1.82. The van der Waals surface area contributed by atoms with Gasteiger partial charge in [-0.15, -0.1) is 11.6 Å². The van der Waals surface area contributed by atoms with Crippen LogP contribution in [0.25, 0.3) is 0 Å². The number of rotatable bonds is 3. The highest BCUT2D eigenvalue weighted by atomic mass is 35.5. The molecule has 4 nitrogen and oxygen atoms in total. The second-order valence-electron chi connectivity index (χ2n) is 3.45. The van der Waals surface area contributed by atoms with Gasteiger partial charge in [0.1, 0.15) is 11.4 Å². The van der Waals surface area contributed by atoms with Crippen molar-refractivity contribution < 1.29 is 9.53 Å². The third-order valence-electron chi connectivity index (χ3n) is 2.36. The highest BCUT2D eigenvalue weighted by Crippen LogP contribution is 2.23. The first-order chi connectivity index (χ1) is 7.76. The van der Waals surface area contributed by atoms with E-state index in [1.807, 2.05) is 17.2 Å². The van der Waals surface area contributed by atoms with Crippen LogP contribution in [-0.4, -0.2) is 29.9 Å². The average Bonchev–Trinajstić information content (AvgIpc) is 2.71. The van der Waals surface area contributed by atoms with Crippen LogP contribution in [-0.2, 0) is 9.53 Å². The molecule has 2 aliphatic rings. The van der Waals surface area contributed by atoms with Gasteiger partial charge in [0.2, 0.25) is 0 Å². The summed E-state index contributed by atoms with van der Waals surface area (Å²) in [6.45, 7) is 2.91. The fraction of sp³-hybridized carbons (Fsp3) is 0.364. The van der Waals surface area contributed by atoms with Crippen molar-refractivity contribution in [3.05, 3.63) is 35.4 Å². The number of allylic oxidation sites excluding steroid dienone is 1. The predicted octanol–water partition coefficient (Wildman–Crippen LogP) is 1.32. The summed E-state index contributed by atoms with van der Waals surface area (Å²) in [6.07, 6.45) is 5.61. The molecule has 5 heteroatoms. The molecule has 16 heavy (non-hydrogen) atoms. The Morgan fingerprint density at radius 1 is 1.69 bits per heavy atom. The summed E-state index contributed by atoms with van der Waals surface area (Å²) in [5.74, 6) is 0.850. The van der Waals surface area contributed by atoms with E-state index in [-0.39, 0.29) is 5.97 Å². The monoisotopic (exact) mass is 240 g/mol. The predicted molar refractivity (Wildman–Crippen MR) is 61.4 cm³/mol. The van der Waals surface area contributed by atoms with Gasteiger partial charge in [-0.1, -0.05) is 6.08 Å². The fourth-order valence-electron chi connectivity index (χ4n) is 1.68. The number of esters is 1. The Kier molecular flexibility index (Phi) is 3.19. The van der Waals surface area contributed by atoms with Crippen LogP contribution in [0.4, 0.5) is 0 Å². The maximum absolute atomic E-state index is 11.7. The summed E-state index contributed by atoms with van der Waals surface area (Å²) >= 11 is 5.74. The van der Waals surface area contributed by atoms with Crippen molar-refractivity contribution in [3.63, 3.8) is 0 Å². The SMILES string of the molecule is CCOC(=O)C1=C2NC(CCl)=CN2CC=C1. The molecular formula is C11H13ClN2O2. The molecule has 0 radical (unpaired) electrons. The summed E-state index contributed by atoms with van der Waals surface area (Å²) in [7, 11) is 0. The topological polar surface area (TPSA) is 41.6 Å². The number of nitrogens with zero attached hydrogens (tertiary/aromatic N) is 1. The molecular weight excluding hydrogens is 228 g/mol. The third-order valence-corrected chi connectivity index (χ3v) is 2.65. The van der Waals surface area contributed by atoms with E-state index < -0.39 is 0 Å². The van der Waals surface area contributed by atoms with E-state index in [0.29, 0.717) is 18.1 Å². The van der Waals surface area contributed by atoms with Crippen molar-refractivity contribution in [2.45, 2.75) is 6.92 Å². The van der Waals surface area contributed by atoms with Gasteiger partial charge in [0.05, 0.1) is 12.5 Å². The number of halogens is 1. The molecule has 0 aromatic rings. The summed E-state index contributed by atoms with van der Waals surface area (Å²) in [5.41, 5.74) is 1.44. The van der Waals surface area contributed by atoms with Gasteiger partial charge >= 0.3 is 5.97 Å². The van der Waals surface area contributed by atoms with Gasteiger partial charge < -0.3 is 15.0 Å². The van der Waals surface area contributed by atoms with Gasteiger partial charge in [0.25, 0.3) is 0 Å². The lowest BCUT2D eigenvalue weighted by Crippen LogP contribution is -2.27. The van der Waals surface area contributed by atoms with Gasteiger partial charge in [-0.3, -0.25) is 0 Å². The lowest BCUT2D eigenvalue weighted by Gasteiger charge is -2.21. The van der Waals surface area contributed by atoms with Gasteiger partial charge in [-0.25, -0.2) is 4.79 Å². The van der Waals surface area contributed by atoms with E-state index in [2.05, 4.69) is 5.32 Å². The maximum atomic E-state index is 11.7. The summed E-state index contributed by atoms with van der Waals surface area (Å²) in [5, 5.41) is 3.11. The molecule has 86 valence electrons. The Morgan fingerprint density at radius 2 is 2.50 bits per heavy atom. The Bertz CT molecular complexity index is 399. The molecule has 2 heterocycles. The molecule has 0 aromatic heterocycles. The van der Waals surface area contributed by atoms with Gasteiger partial charge in [0.15, 0.2) is 0 Å². The zero-order valence-electron chi connectivity index (χ0n) is 9.00. The molecule has 0 fully saturated rings. The molecule has 0 saturated carbocycles. The molecule has 0 spiro atoms. The minimum Gasteiger partial charge on any atom is -0.462 e. The molecule has 1 N–H and O–H groups in total. The smallest absolute Gasteiger partial charge is 0.341 e. The summed E-state index contributed by atoms with van der Waals surface area (Å²) < 4.78 is 4.99. The Labute approximate surface area is 99.2 Å². The van der Waals surface area contributed by atoms with Crippen LogP contribution in [0.1, 0.15) is 6.92 Å². The largest absolute Gasteiger partial charge is 0.462 e. The molecule has 0 unspecified atom stereocenters. The standard InChI is InChI=1S/C11H13ClN2O2/c1-2-16-11(15)9-4-3-5-14-7-8(6-12)13-10(9)14/h3-4,7,13H,2,5-6H2,1H3. The Morgan fingerprint density at radius 3 is 3.19 bits per heavy atom. The van der Waals surface area contributed by atoms with E-state index in [0.717, 1.165) is 18.1 Å². The highest BCUT2D eigenvalue weighted by molar-refractivity contribution is 6.19. The normalized spacial score (nSPS) is 18.1. The van der Waals surface area contributed by atoms with E-state index in [4.69, 9.17) is 16.3 Å². The number of carbonyl (C=O) groups is 1. The molecule has 0 aromatic carbocycles. The summed E-state index contributed by atoms with van der Waals surface area (Å²) in [6, 6.07) is 0. The quantitative estimate of drug-likeness (QED) is 0.597. The van der Waals surface area contributed by atoms with Crippen molar-refractivity contribution in [2.75, 3.05) is 19.0 Å². The Balaban J connectivity index is 2.24. The average molecular weight is 241 g/mol.